The first-order valence-electron chi connectivity index (χ1n) is 8.96. The van der Waals surface area contributed by atoms with E-state index in [9.17, 15) is 14.4 Å². The molecule has 0 saturated heterocycles. The van der Waals surface area contributed by atoms with E-state index in [4.69, 9.17) is 0 Å². The van der Waals surface area contributed by atoms with Gasteiger partial charge in [-0.15, -0.1) is 11.8 Å². The summed E-state index contributed by atoms with van der Waals surface area (Å²) in [5, 5.41) is 2.45. The van der Waals surface area contributed by atoms with Gasteiger partial charge in [0, 0.05) is 22.3 Å². The molecule has 2 aromatic carbocycles. The van der Waals surface area contributed by atoms with E-state index in [1.54, 1.807) is 43.8 Å². The quantitative estimate of drug-likeness (QED) is 0.410. The largest absolute Gasteiger partial charge is 0.346 e. The molecule has 2 rings (SSSR count). The summed E-state index contributed by atoms with van der Waals surface area (Å²) in [6.45, 7) is 7.63. The number of aryl methyl sites for hydroxylation is 2. The second-order valence-corrected chi connectivity index (χ2v) is 7.81. The number of carbonyl (C=O) groups excluding carboxylic acids is 3. The summed E-state index contributed by atoms with van der Waals surface area (Å²) < 4.78 is 0. The molecular weight excluding hydrogens is 374 g/mol. The van der Waals surface area contributed by atoms with Crippen LogP contribution in [0.25, 0.3) is 0 Å². The SMILES string of the molecule is Cc1ccc(SCc2cccc(C(=O)NNC(=O)C(=O)NC(C)C)c2)c(C)c1. The van der Waals surface area contributed by atoms with Crippen molar-refractivity contribution in [3.63, 3.8) is 0 Å². The fraction of sp³-hybridized carbons (Fsp3) is 0.286. The molecule has 0 aromatic heterocycles. The molecule has 6 nitrogen and oxygen atoms in total. The van der Waals surface area contributed by atoms with E-state index in [-0.39, 0.29) is 6.04 Å². The van der Waals surface area contributed by atoms with E-state index in [0.717, 1.165) is 5.56 Å². The molecular formula is C21H25N3O3S. The number of hydrogen-bond donors (Lipinski definition) is 3. The Balaban J connectivity index is 1.93. The number of nitrogens with one attached hydrogen (secondary N) is 3. The molecule has 0 aliphatic heterocycles. The Morgan fingerprint density at radius 2 is 1.71 bits per heavy atom. The van der Waals surface area contributed by atoms with Crippen LogP contribution in [-0.4, -0.2) is 23.8 Å². The molecule has 28 heavy (non-hydrogen) atoms. The van der Waals surface area contributed by atoms with Gasteiger partial charge in [0.2, 0.25) is 0 Å². The molecule has 0 atom stereocenters. The van der Waals surface area contributed by atoms with E-state index in [0.29, 0.717) is 11.3 Å². The minimum Gasteiger partial charge on any atom is -0.346 e. The van der Waals surface area contributed by atoms with E-state index in [1.165, 1.54) is 16.0 Å². The Morgan fingerprint density at radius 3 is 2.39 bits per heavy atom. The maximum atomic E-state index is 12.2. The molecule has 0 unspecified atom stereocenters. The number of hydrazine groups is 1. The lowest BCUT2D eigenvalue weighted by Crippen LogP contribution is -2.49. The van der Waals surface area contributed by atoms with Crippen molar-refractivity contribution >= 4 is 29.5 Å². The molecule has 148 valence electrons. The lowest BCUT2D eigenvalue weighted by atomic mass is 10.1. The van der Waals surface area contributed by atoms with E-state index in [1.807, 2.05) is 6.07 Å². The van der Waals surface area contributed by atoms with Crippen LogP contribution in [-0.2, 0) is 15.3 Å². The molecule has 3 N–H and O–H groups in total. The highest BCUT2D eigenvalue weighted by Crippen LogP contribution is 2.26. The van der Waals surface area contributed by atoms with Gasteiger partial charge in [0.1, 0.15) is 0 Å². The molecule has 0 bridgehead atoms. The van der Waals surface area contributed by atoms with Crippen molar-refractivity contribution in [1.29, 1.82) is 0 Å². The lowest BCUT2D eigenvalue weighted by Gasteiger charge is -2.10. The maximum Gasteiger partial charge on any atom is 0.327 e. The Morgan fingerprint density at radius 1 is 0.964 bits per heavy atom. The number of hydrogen-bond acceptors (Lipinski definition) is 4. The zero-order chi connectivity index (χ0) is 20.7. The Kier molecular flexibility index (Phi) is 7.63. The van der Waals surface area contributed by atoms with Gasteiger partial charge >= 0.3 is 11.8 Å². The summed E-state index contributed by atoms with van der Waals surface area (Å²) >= 11 is 1.70. The first kappa shape index (κ1) is 21.5. The number of rotatable bonds is 5. The molecule has 0 radical (unpaired) electrons. The third kappa shape index (κ3) is 6.42. The third-order valence-corrected chi connectivity index (χ3v) is 5.08. The summed E-state index contributed by atoms with van der Waals surface area (Å²) in [5.74, 6) is -1.48. The van der Waals surface area contributed by atoms with E-state index < -0.39 is 17.7 Å². The van der Waals surface area contributed by atoms with Crippen molar-refractivity contribution in [3.8, 4) is 0 Å². The maximum absolute atomic E-state index is 12.2. The lowest BCUT2D eigenvalue weighted by molar-refractivity contribution is -0.139. The highest BCUT2D eigenvalue weighted by atomic mass is 32.2. The second-order valence-electron chi connectivity index (χ2n) is 6.79. The molecule has 0 aliphatic rings. The molecule has 0 spiro atoms. The summed E-state index contributed by atoms with van der Waals surface area (Å²) in [4.78, 5) is 36.6. The van der Waals surface area contributed by atoms with Crippen LogP contribution in [0.4, 0.5) is 0 Å². The normalized spacial score (nSPS) is 10.5. The standard InChI is InChI=1S/C21H25N3O3S/c1-13(2)22-20(26)21(27)24-23-19(25)17-7-5-6-16(11-17)12-28-18-9-8-14(3)10-15(18)4/h5-11,13H,12H2,1-4H3,(H,22,26)(H,23,25)(H,24,27). The second kappa shape index (κ2) is 9.94. The fourth-order valence-corrected chi connectivity index (χ4v) is 3.45. The molecule has 0 fully saturated rings. The van der Waals surface area contributed by atoms with Gasteiger partial charge in [0.15, 0.2) is 0 Å². The molecule has 7 heteroatoms. The average Bonchev–Trinajstić information content (AvgIpc) is 2.64. The van der Waals surface area contributed by atoms with Crippen LogP contribution in [0.3, 0.4) is 0 Å². The monoisotopic (exact) mass is 399 g/mol. The van der Waals surface area contributed by atoms with Crippen molar-refractivity contribution in [3.05, 3.63) is 64.7 Å². The van der Waals surface area contributed by atoms with Crippen molar-refractivity contribution in [2.24, 2.45) is 0 Å². The van der Waals surface area contributed by atoms with Crippen LogP contribution < -0.4 is 16.2 Å². The zero-order valence-electron chi connectivity index (χ0n) is 16.5. The van der Waals surface area contributed by atoms with E-state index in [2.05, 4.69) is 48.2 Å². The van der Waals surface area contributed by atoms with Gasteiger partial charge in [-0.3, -0.25) is 25.2 Å². The highest BCUT2D eigenvalue weighted by molar-refractivity contribution is 7.98. The predicted molar refractivity (Wildman–Crippen MR) is 111 cm³/mol. The smallest absolute Gasteiger partial charge is 0.327 e. The van der Waals surface area contributed by atoms with Gasteiger partial charge in [0.05, 0.1) is 0 Å². The molecule has 0 saturated carbocycles. The van der Waals surface area contributed by atoms with Gasteiger partial charge in [-0.25, -0.2) is 0 Å². The minimum absolute atomic E-state index is 0.166. The Labute approximate surface area is 169 Å². The molecule has 3 amide bonds. The van der Waals surface area contributed by atoms with Gasteiger partial charge in [-0.1, -0.05) is 29.8 Å². The summed E-state index contributed by atoms with van der Waals surface area (Å²) in [6, 6.07) is 13.3. The third-order valence-electron chi connectivity index (χ3n) is 3.83. The van der Waals surface area contributed by atoms with Crippen LogP contribution in [0.1, 0.15) is 40.9 Å². The van der Waals surface area contributed by atoms with Crippen molar-refractivity contribution in [2.45, 2.75) is 44.4 Å². The van der Waals surface area contributed by atoms with Crippen molar-refractivity contribution < 1.29 is 14.4 Å². The fourth-order valence-electron chi connectivity index (χ4n) is 2.49. The van der Waals surface area contributed by atoms with Gasteiger partial charge in [-0.05, 0) is 57.0 Å². The first-order valence-corrected chi connectivity index (χ1v) is 9.95. The van der Waals surface area contributed by atoms with E-state index >= 15 is 0 Å². The van der Waals surface area contributed by atoms with Crippen molar-refractivity contribution in [2.75, 3.05) is 0 Å². The summed E-state index contributed by atoms with van der Waals surface area (Å²) in [6.07, 6.45) is 0. The number of amides is 3. The van der Waals surface area contributed by atoms with Crippen LogP contribution >= 0.6 is 11.8 Å². The number of thioether (sulfide) groups is 1. The highest BCUT2D eigenvalue weighted by Gasteiger charge is 2.15. The Hall–Kier alpha value is -2.80. The van der Waals surface area contributed by atoms with Crippen LogP contribution in [0.5, 0.6) is 0 Å². The topological polar surface area (TPSA) is 87.3 Å². The molecule has 2 aromatic rings. The summed E-state index contributed by atoms with van der Waals surface area (Å²) in [5.41, 5.74) is 8.23. The van der Waals surface area contributed by atoms with Gasteiger partial charge in [-0.2, -0.15) is 0 Å². The van der Waals surface area contributed by atoms with Crippen LogP contribution in [0, 0.1) is 13.8 Å². The Bertz CT molecular complexity index is 881. The molecule has 0 heterocycles. The number of carbonyl (C=O) groups is 3. The van der Waals surface area contributed by atoms with Gasteiger partial charge in [0.25, 0.3) is 5.91 Å². The first-order chi connectivity index (χ1) is 13.3. The average molecular weight is 400 g/mol. The number of benzene rings is 2. The predicted octanol–water partition coefficient (Wildman–Crippen LogP) is 2.88. The van der Waals surface area contributed by atoms with Gasteiger partial charge < -0.3 is 5.32 Å². The summed E-state index contributed by atoms with van der Waals surface area (Å²) in [7, 11) is 0. The van der Waals surface area contributed by atoms with Crippen LogP contribution in [0.15, 0.2) is 47.4 Å². The minimum atomic E-state index is -0.913. The van der Waals surface area contributed by atoms with Crippen molar-refractivity contribution in [1.82, 2.24) is 16.2 Å². The zero-order valence-corrected chi connectivity index (χ0v) is 17.3. The molecule has 0 aliphatic carbocycles. The van der Waals surface area contributed by atoms with Crippen LogP contribution in [0.2, 0.25) is 0 Å².